The van der Waals surface area contributed by atoms with E-state index in [4.69, 9.17) is 4.74 Å². The van der Waals surface area contributed by atoms with Crippen molar-refractivity contribution < 1.29 is 4.74 Å². The number of ether oxygens (including phenoxy) is 1. The summed E-state index contributed by atoms with van der Waals surface area (Å²) in [6, 6.07) is 6.58. The largest absolute Gasteiger partial charge is 0.495 e. The van der Waals surface area contributed by atoms with Crippen molar-refractivity contribution in [2.75, 3.05) is 31.6 Å². The van der Waals surface area contributed by atoms with Crippen molar-refractivity contribution in [1.29, 1.82) is 0 Å². The van der Waals surface area contributed by atoms with E-state index in [1.165, 1.54) is 32.1 Å². The Morgan fingerprint density at radius 3 is 2.71 bits per heavy atom. The predicted octanol–water partition coefficient (Wildman–Crippen LogP) is 3.28. The Kier molecular flexibility index (Phi) is 6.45. The standard InChI is InChI=1S/C25H34N8O/c1-25(2,33-17-22(28-31-33)19-12-21(34-3)15-26-14-19)23-9-10-24(30-29-23)32-11-5-8-20(16-32)27-13-18-6-4-7-18/h9-10,12,14-15,17-18,20,27H,4-8,11,13,16H2,1-3H3. The third kappa shape index (κ3) is 4.75. The van der Waals surface area contributed by atoms with Gasteiger partial charge in [-0.1, -0.05) is 11.6 Å². The van der Waals surface area contributed by atoms with Gasteiger partial charge in [-0.3, -0.25) is 4.98 Å². The van der Waals surface area contributed by atoms with E-state index >= 15 is 0 Å². The summed E-state index contributed by atoms with van der Waals surface area (Å²) in [7, 11) is 1.62. The number of nitrogens with zero attached hydrogens (tertiary/aromatic N) is 7. The summed E-state index contributed by atoms with van der Waals surface area (Å²) in [6.07, 6.45) is 11.9. The summed E-state index contributed by atoms with van der Waals surface area (Å²) in [5.41, 5.74) is 1.93. The molecule has 1 unspecified atom stereocenters. The summed E-state index contributed by atoms with van der Waals surface area (Å²) >= 11 is 0. The maximum Gasteiger partial charge on any atom is 0.151 e. The first-order valence-corrected chi connectivity index (χ1v) is 12.3. The Morgan fingerprint density at radius 2 is 1.97 bits per heavy atom. The van der Waals surface area contributed by atoms with Crippen LogP contribution in [-0.2, 0) is 5.54 Å². The average Bonchev–Trinajstić information content (AvgIpc) is 3.35. The zero-order valence-corrected chi connectivity index (χ0v) is 20.3. The number of rotatable bonds is 8. The highest BCUT2D eigenvalue weighted by molar-refractivity contribution is 5.58. The van der Waals surface area contributed by atoms with E-state index in [9.17, 15) is 0 Å². The highest BCUT2D eigenvalue weighted by Gasteiger charge is 2.28. The van der Waals surface area contributed by atoms with Crippen LogP contribution in [0.15, 0.2) is 36.8 Å². The maximum atomic E-state index is 5.28. The van der Waals surface area contributed by atoms with Crippen LogP contribution in [0.4, 0.5) is 5.82 Å². The quantitative estimate of drug-likeness (QED) is 0.545. The van der Waals surface area contributed by atoms with Crippen molar-refractivity contribution in [2.24, 2.45) is 5.92 Å². The Balaban J connectivity index is 1.26. The number of anilines is 1. The van der Waals surface area contributed by atoms with E-state index in [1.807, 2.05) is 16.9 Å². The molecule has 1 aliphatic heterocycles. The molecular weight excluding hydrogens is 428 g/mol. The van der Waals surface area contributed by atoms with Crippen molar-refractivity contribution in [3.63, 3.8) is 0 Å². The second-order valence-corrected chi connectivity index (χ2v) is 9.99. The van der Waals surface area contributed by atoms with Crippen molar-refractivity contribution in [3.8, 4) is 17.0 Å². The van der Waals surface area contributed by atoms with Crippen molar-refractivity contribution in [3.05, 3.63) is 42.5 Å². The van der Waals surface area contributed by atoms with Crippen LogP contribution in [0.25, 0.3) is 11.3 Å². The van der Waals surface area contributed by atoms with E-state index in [1.54, 1.807) is 19.5 Å². The lowest BCUT2D eigenvalue weighted by molar-refractivity contribution is 0.280. The van der Waals surface area contributed by atoms with Gasteiger partial charge in [0.2, 0.25) is 0 Å². The number of hydrogen-bond acceptors (Lipinski definition) is 8. The molecule has 2 fully saturated rings. The number of pyridine rings is 1. The first-order valence-electron chi connectivity index (χ1n) is 12.3. The number of methoxy groups -OCH3 is 1. The van der Waals surface area contributed by atoms with Gasteiger partial charge in [-0.2, -0.15) is 5.10 Å². The van der Waals surface area contributed by atoms with Gasteiger partial charge in [-0.25, -0.2) is 4.68 Å². The molecule has 1 atom stereocenters. The first kappa shape index (κ1) is 22.7. The van der Waals surface area contributed by atoms with Crippen molar-refractivity contribution >= 4 is 5.82 Å². The molecule has 0 bridgehead atoms. The van der Waals surface area contributed by atoms with Gasteiger partial charge in [-0.15, -0.1) is 10.2 Å². The highest BCUT2D eigenvalue weighted by Crippen LogP contribution is 2.28. The van der Waals surface area contributed by atoms with Gasteiger partial charge in [0.25, 0.3) is 0 Å². The van der Waals surface area contributed by atoms with Crippen LogP contribution < -0.4 is 15.0 Å². The number of piperidine rings is 1. The minimum Gasteiger partial charge on any atom is -0.495 e. The van der Waals surface area contributed by atoms with E-state index < -0.39 is 5.54 Å². The van der Waals surface area contributed by atoms with Gasteiger partial charge in [0.15, 0.2) is 5.82 Å². The summed E-state index contributed by atoms with van der Waals surface area (Å²) in [5, 5.41) is 21.7. The second-order valence-electron chi connectivity index (χ2n) is 9.99. The minimum atomic E-state index is -0.502. The number of hydrogen-bond donors (Lipinski definition) is 1. The molecule has 9 heteroatoms. The van der Waals surface area contributed by atoms with E-state index in [0.29, 0.717) is 11.8 Å². The Morgan fingerprint density at radius 1 is 1.09 bits per heavy atom. The molecule has 0 amide bonds. The molecule has 3 aromatic heterocycles. The molecule has 2 aliphatic rings. The zero-order valence-electron chi connectivity index (χ0n) is 20.3. The smallest absolute Gasteiger partial charge is 0.151 e. The average molecular weight is 463 g/mol. The molecule has 4 heterocycles. The van der Waals surface area contributed by atoms with Crippen molar-refractivity contribution in [2.45, 2.75) is 57.5 Å². The van der Waals surface area contributed by atoms with Gasteiger partial charge in [0.05, 0.1) is 25.2 Å². The van der Waals surface area contributed by atoms with Gasteiger partial charge in [-0.05, 0) is 70.2 Å². The summed E-state index contributed by atoms with van der Waals surface area (Å²) < 4.78 is 7.10. The van der Waals surface area contributed by atoms with Crippen LogP contribution in [0, 0.1) is 5.92 Å². The molecule has 180 valence electrons. The fraction of sp³-hybridized carbons (Fsp3) is 0.560. The molecule has 0 spiro atoms. The molecule has 1 aliphatic carbocycles. The molecule has 34 heavy (non-hydrogen) atoms. The lowest BCUT2D eigenvalue weighted by atomic mass is 9.85. The van der Waals surface area contributed by atoms with Crippen LogP contribution in [0.1, 0.15) is 51.6 Å². The SMILES string of the molecule is COc1cncc(-c2cn(C(C)(C)c3ccc(N4CCCC(NCC5CCC5)C4)nn3)nn2)c1. The second kappa shape index (κ2) is 9.66. The Labute approximate surface area is 200 Å². The van der Waals surface area contributed by atoms with E-state index in [-0.39, 0.29) is 0 Å². The fourth-order valence-corrected chi connectivity index (χ4v) is 4.66. The van der Waals surface area contributed by atoms with Crippen LogP contribution in [-0.4, -0.2) is 63.0 Å². The summed E-state index contributed by atoms with van der Waals surface area (Å²) in [5.74, 6) is 2.51. The zero-order chi connectivity index (χ0) is 23.5. The Hall–Kier alpha value is -3.07. The molecule has 1 saturated carbocycles. The van der Waals surface area contributed by atoms with E-state index in [2.05, 4.69) is 61.7 Å². The molecule has 9 nitrogen and oxygen atoms in total. The van der Waals surface area contributed by atoms with Crippen LogP contribution >= 0.6 is 0 Å². The topological polar surface area (TPSA) is 93.9 Å². The lowest BCUT2D eigenvalue weighted by Gasteiger charge is -2.36. The van der Waals surface area contributed by atoms with Crippen LogP contribution in [0.3, 0.4) is 0 Å². The number of nitrogens with one attached hydrogen (secondary N) is 1. The molecule has 1 N–H and O–H groups in total. The molecular formula is C25H34N8O. The van der Waals surface area contributed by atoms with Crippen LogP contribution in [0.2, 0.25) is 0 Å². The maximum absolute atomic E-state index is 5.28. The third-order valence-electron chi connectivity index (χ3n) is 7.25. The molecule has 1 saturated heterocycles. The van der Waals surface area contributed by atoms with Gasteiger partial charge in [0, 0.05) is 30.9 Å². The van der Waals surface area contributed by atoms with Gasteiger partial charge < -0.3 is 15.0 Å². The Bertz CT molecular complexity index is 1090. The molecule has 5 rings (SSSR count). The van der Waals surface area contributed by atoms with Gasteiger partial charge >= 0.3 is 0 Å². The summed E-state index contributed by atoms with van der Waals surface area (Å²) in [4.78, 5) is 6.57. The molecule has 0 radical (unpaired) electrons. The molecule has 0 aromatic carbocycles. The lowest BCUT2D eigenvalue weighted by Crippen LogP contribution is -2.47. The molecule has 3 aromatic rings. The highest BCUT2D eigenvalue weighted by atomic mass is 16.5. The van der Waals surface area contributed by atoms with Crippen molar-refractivity contribution in [1.82, 2.24) is 35.5 Å². The van der Waals surface area contributed by atoms with E-state index in [0.717, 1.165) is 48.3 Å². The predicted molar refractivity (Wildman–Crippen MR) is 131 cm³/mol. The van der Waals surface area contributed by atoms with Gasteiger partial charge in [0.1, 0.15) is 17.0 Å². The first-order chi connectivity index (χ1) is 16.5. The summed E-state index contributed by atoms with van der Waals surface area (Å²) in [6.45, 7) is 7.31. The van der Waals surface area contributed by atoms with Crippen LogP contribution in [0.5, 0.6) is 5.75 Å². The fourth-order valence-electron chi connectivity index (χ4n) is 4.66. The monoisotopic (exact) mass is 462 g/mol. The number of aromatic nitrogens is 6. The normalized spacial score (nSPS) is 19.1. The third-order valence-corrected chi connectivity index (χ3v) is 7.25. The minimum absolute atomic E-state index is 0.502.